The van der Waals surface area contributed by atoms with Crippen LogP contribution in [0, 0.1) is 0 Å². The van der Waals surface area contributed by atoms with E-state index >= 15 is 0 Å². The smallest absolute Gasteiger partial charge is 0.253 e. The Kier molecular flexibility index (Phi) is 4.55. The third kappa shape index (κ3) is 3.39. The van der Waals surface area contributed by atoms with Crippen LogP contribution in [0.1, 0.15) is 25.3 Å². The summed E-state index contributed by atoms with van der Waals surface area (Å²) in [5, 5.41) is 0.851. The summed E-state index contributed by atoms with van der Waals surface area (Å²) in [7, 11) is 0. The van der Waals surface area contributed by atoms with Crippen molar-refractivity contribution in [3.05, 3.63) is 34.1 Å². The molecule has 2 aliphatic rings. The highest BCUT2D eigenvalue weighted by atomic mass is 16.6. The molecule has 7 heteroatoms. The van der Waals surface area contributed by atoms with E-state index in [4.69, 9.17) is 14.2 Å². The summed E-state index contributed by atoms with van der Waals surface area (Å²) >= 11 is 0. The topological polar surface area (TPSA) is 80.9 Å². The highest BCUT2D eigenvalue weighted by Crippen LogP contribution is 2.33. The summed E-state index contributed by atoms with van der Waals surface area (Å²) in [6.07, 6.45) is 2.01. The predicted molar refractivity (Wildman–Crippen MR) is 95.6 cm³/mol. The van der Waals surface area contributed by atoms with Crippen LogP contribution in [0.4, 0.5) is 0 Å². The summed E-state index contributed by atoms with van der Waals surface area (Å²) < 4.78 is 16.8. The van der Waals surface area contributed by atoms with Gasteiger partial charge in [0.15, 0.2) is 11.5 Å². The maximum absolute atomic E-state index is 12.5. The minimum Gasteiger partial charge on any atom is -0.486 e. The molecule has 2 aromatic rings. The predicted octanol–water partition coefficient (Wildman–Crippen LogP) is 1.83. The minimum absolute atomic E-state index is 0.0519. The first kappa shape index (κ1) is 16.9. The van der Waals surface area contributed by atoms with Gasteiger partial charge < -0.3 is 24.1 Å². The van der Waals surface area contributed by atoms with Gasteiger partial charge in [-0.1, -0.05) is 0 Å². The standard InChI is InChI=1S/C19H22N2O5/c1-12(22)21(11-15-3-2-4-24-15)10-14-7-13-8-17-18(26-6-5-25-17)9-16(13)20-19(14)23/h7-9,15H,2-6,10-11H2,1H3,(H,20,23)/t15-/m0/s1. The molecule has 0 radical (unpaired) electrons. The molecule has 7 nitrogen and oxygen atoms in total. The molecule has 138 valence electrons. The van der Waals surface area contributed by atoms with Crippen molar-refractivity contribution in [3.63, 3.8) is 0 Å². The average molecular weight is 358 g/mol. The van der Waals surface area contributed by atoms with Gasteiger partial charge in [-0.15, -0.1) is 0 Å². The summed E-state index contributed by atoms with van der Waals surface area (Å²) in [4.78, 5) is 29.1. The molecule has 0 spiro atoms. The number of aromatic amines is 1. The molecule has 0 unspecified atom stereocenters. The van der Waals surface area contributed by atoms with E-state index in [-0.39, 0.29) is 24.1 Å². The molecule has 4 rings (SSSR count). The molecule has 1 aromatic carbocycles. The van der Waals surface area contributed by atoms with Crippen LogP contribution in [0.3, 0.4) is 0 Å². The van der Waals surface area contributed by atoms with Crippen molar-refractivity contribution in [2.24, 2.45) is 0 Å². The van der Waals surface area contributed by atoms with Crippen molar-refractivity contribution in [2.75, 3.05) is 26.4 Å². The number of pyridine rings is 1. The molecule has 0 aliphatic carbocycles. The largest absolute Gasteiger partial charge is 0.486 e. The van der Waals surface area contributed by atoms with Crippen LogP contribution in [0.25, 0.3) is 10.9 Å². The van der Waals surface area contributed by atoms with Crippen LogP contribution in [0.2, 0.25) is 0 Å². The molecule has 1 amide bonds. The summed E-state index contributed by atoms with van der Waals surface area (Å²) in [6.45, 7) is 4.03. The number of ether oxygens (including phenoxy) is 3. The number of hydrogen-bond acceptors (Lipinski definition) is 5. The molecule has 1 saturated heterocycles. The zero-order valence-electron chi connectivity index (χ0n) is 14.7. The van der Waals surface area contributed by atoms with Crippen molar-refractivity contribution in [3.8, 4) is 11.5 Å². The number of carbonyl (C=O) groups excluding carboxylic acids is 1. The molecule has 2 aliphatic heterocycles. The van der Waals surface area contributed by atoms with Gasteiger partial charge in [0.25, 0.3) is 5.56 Å². The number of fused-ring (bicyclic) bond motifs is 2. The van der Waals surface area contributed by atoms with Crippen LogP contribution in [0.5, 0.6) is 11.5 Å². The lowest BCUT2D eigenvalue weighted by molar-refractivity contribution is -0.131. The van der Waals surface area contributed by atoms with Gasteiger partial charge in [0.1, 0.15) is 13.2 Å². The lowest BCUT2D eigenvalue weighted by atomic mass is 10.1. The van der Waals surface area contributed by atoms with Crippen LogP contribution < -0.4 is 15.0 Å². The minimum atomic E-state index is -0.201. The fourth-order valence-electron chi connectivity index (χ4n) is 3.45. The van der Waals surface area contributed by atoms with E-state index < -0.39 is 0 Å². The highest BCUT2D eigenvalue weighted by Gasteiger charge is 2.22. The number of benzene rings is 1. The van der Waals surface area contributed by atoms with E-state index in [0.29, 0.717) is 42.3 Å². The monoisotopic (exact) mass is 358 g/mol. The first-order valence-electron chi connectivity index (χ1n) is 8.93. The maximum Gasteiger partial charge on any atom is 0.253 e. The molecule has 1 N–H and O–H groups in total. The zero-order chi connectivity index (χ0) is 18.1. The fourth-order valence-corrected chi connectivity index (χ4v) is 3.45. The lowest BCUT2D eigenvalue weighted by Crippen LogP contribution is -2.36. The molecule has 0 bridgehead atoms. The number of hydrogen-bond donors (Lipinski definition) is 1. The zero-order valence-corrected chi connectivity index (χ0v) is 14.7. The first-order chi connectivity index (χ1) is 12.6. The molecule has 26 heavy (non-hydrogen) atoms. The summed E-state index contributed by atoms with van der Waals surface area (Å²) in [5.41, 5.74) is 1.03. The Morgan fingerprint density at radius 3 is 2.65 bits per heavy atom. The Hall–Kier alpha value is -2.54. The second-order valence-corrected chi connectivity index (χ2v) is 6.74. The fraction of sp³-hybridized carbons (Fsp3) is 0.474. The second kappa shape index (κ2) is 6.99. The number of aromatic nitrogens is 1. The van der Waals surface area contributed by atoms with Crippen LogP contribution >= 0.6 is 0 Å². The molecule has 1 fully saturated rings. The van der Waals surface area contributed by atoms with Gasteiger partial charge >= 0.3 is 0 Å². The van der Waals surface area contributed by atoms with Gasteiger partial charge in [0, 0.05) is 37.1 Å². The van der Waals surface area contributed by atoms with Gasteiger partial charge in [0.05, 0.1) is 18.2 Å². The lowest BCUT2D eigenvalue weighted by Gasteiger charge is -2.24. The van der Waals surface area contributed by atoms with Crippen molar-refractivity contribution < 1.29 is 19.0 Å². The van der Waals surface area contributed by atoms with Crippen molar-refractivity contribution in [1.29, 1.82) is 0 Å². The Morgan fingerprint density at radius 2 is 1.96 bits per heavy atom. The molecular formula is C19H22N2O5. The molecular weight excluding hydrogens is 336 g/mol. The Bertz CT molecular complexity index is 885. The average Bonchev–Trinajstić information content (AvgIpc) is 3.13. The number of H-pyrrole nitrogens is 1. The molecule has 1 atom stereocenters. The van der Waals surface area contributed by atoms with Crippen molar-refractivity contribution >= 4 is 16.8 Å². The SMILES string of the molecule is CC(=O)N(Cc1cc2cc3c(cc2[nH]c1=O)OCCO3)C[C@@H]1CCCO1. The van der Waals surface area contributed by atoms with Crippen molar-refractivity contribution in [1.82, 2.24) is 9.88 Å². The van der Waals surface area contributed by atoms with E-state index in [1.165, 1.54) is 6.92 Å². The molecule has 3 heterocycles. The van der Waals surface area contributed by atoms with E-state index in [2.05, 4.69) is 4.98 Å². The summed E-state index contributed by atoms with van der Waals surface area (Å²) in [5.74, 6) is 1.24. The maximum atomic E-state index is 12.5. The van der Waals surface area contributed by atoms with Gasteiger partial charge in [-0.2, -0.15) is 0 Å². The van der Waals surface area contributed by atoms with E-state index in [1.54, 1.807) is 11.0 Å². The number of rotatable bonds is 4. The highest BCUT2D eigenvalue weighted by molar-refractivity contribution is 5.83. The Labute approximate surface area is 150 Å². The van der Waals surface area contributed by atoms with Gasteiger partial charge in [-0.3, -0.25) is 9.59 Å². The van der Waals surface area contributed by atoms with Crippen LogP contribution in [-0.2, 0) is 16.1 Å². The Morgan fingerprint density at radius 1 is 1.19 bits per heavy atom. The van der Waals surface area contributed by atoms with Crippen LogP contribution in [0.15, 0.2) is 23.0 Å². The van der Waals surface area contributed by atoms with Gasteiger partial charge in [-0.25, -0.2) is 0 Å². The third-order valence-electron chi connectivity index (χ3n) is 4.84. The van der Waals surface area contributed by atoms with Crippen molar-refractivity contribution in [2.45, 2.75) is 32.4 Å². The van der Waals surface area contributed by atoms with Gasteiger partial charge in [0.2, 0.25) is 5.91 Å². The number of nitrogens with one attached hydrogen (secondary N) is 1. The second-order valence-electron chi connectivity index (χ2n) is 6.74. The summed E-state index contributed by atoms with van der Waals surface area (Å²) in [6, 6.07) is 5.46. The number of carbonyl (C=O) groups is 1. The van der Waals surface area contributed by atoms with E-state index in [9.17, 15) is 9.59 Å². The quantitative estimate of drug-likeness (QED) is 0.902. The third-order valence-corrected chi connectivity index (χ3v) is 4.84. The number of nitrogens with zero attached hydrogens (tertiary/aromatic N) is 1. The molecule has 0 saturated carbocycles. The van der Waals surface area contributed by atoms with Gasteiger partial charge in [-0.05, 0) is 25.0 Å². The normalized spacial score (nSPS) is 18.9. The van der Waals surface area contributed by atoms with Crippen LogP contribution in [-0.4, -0.2) is 48.3 Å². The van der Waals surface area contributed by atoms with E-state index in [0.717, 1.165) is 24.8 Å². The van der Waals surface area contributed by atoms with E-state index in [1.807, 2.05) is 12.1 Å². The molecule has 1 aromatic heterocycles. The first-order valence-corrected chi connectivity index (χ1v) is 8.93. The number of amides is 1. The Balaban J connectivity index is 1.63.